The molecule has 23 heavy (non-hydrogen) atoms. The van der Waals surface area contributed by atoms with Crippen molar-refractivity contribution in [3.8, 4) is 0 Å². The fourth-order valence-electron chi connectivity index (χ4n) is 2.09. The summed E-state index contributed by atoms with van der Waals surface area (Å²) in [4.78, 5) is 15.9. The van der Waals surface area contributed by atoms with Crippen LogP contribution in [0.3, 0.4) is 0 Å². The summed E-state index contributed by atoms with van der Waals surface area (Å²) in [7, 11) is -3.68. The first-order chi connectivity index (χ1) is 10.9. The second kappa shape index (κ2) is 7.85. The molecule has 0 radical (unpaired) electrons. The van der Waals surface area contributed by atoms with Crippen LogP contribution in [0.2, 0.25) is 0 Å². The molecule has 7 heteroatoms. The lowest BCUT2D eigenvalue weighted by atomic mass is 10.1. The van der Waals surface area contributed by atoms with Gasteiger partial charge in [-0.15, -0.1) is 0 Å². The van der Waals surface area contributed by atoms with Crippen LogP contribution in [0.4, 0.5) is 0 Å². The molecule has 6 nitrogen and oxygen atoms in total. The van der Waals surface area contributed by atoms with E-state index in [4.69, 9.17) is 5.14 Å². The van der Waals surface area contributed by atoms with Crippen molar-refractivity contribution < 1.29 is 13.2 Å². The Morgan fingerprint density at radius 1 is 1.13 bits per heavy atom. The van der Waals surface area contributed by atoms with Crippen molar-refractivity contribution in [2.45, 2.75) is 30.7 Å². The first kappa shape index (κ1) is 17.1. The van der Waals surface area contributed by atoms with E-state index in [9.17, 15) is 13.2 Å². The third-order valence-electron chi connectivity index (χ3n) is 3.33. The van der Waals surface area contributed by atoms with Gasteiger partial charge in [0.15, 0.2) is 0 Å². The minimum absolute atomic E-state index is 0.0376. The zero-order chi connectivity index (χ0) is 16.7. The van der Waals surface area contributed by atoms with Crippen LogP contribution in [0, 0.1) is 0 Å². The molecule has 1 amide bonds. The van der Waals surface area contributed by atoms with Crippen molar-refractivity contribution in [2.24, 2.45) is 5.14 Å². The number of nitrogens with one attached hydrogen (secondary N) is 1. The largest absolute Gasteiger partial charge is 0.352 e. The van der Waals surface area contributed by atoms with E-state index in [1.807, 2.05) is 12.1 Å². The van der Waals surface area contributed by atoms with Crippen LogP contribution in [0.25, 0.3) is 0 Å². The molecule has 0 aliphatic heterocycles. The summed E-state index contributed by atoms with van der Waals surface area (Å²) < 4.78 is 22.3. The van der Waals surface area contributed by atoms with Gasteiger partial charge in [-0.25, -0.2) is 13.6 Å². The average molecular weight is 333 g/mol. The van der Waals surface area contributed by atoms with Gasteiger partial charge < -0.3 is 5.32 Å². The van der Waals surface area contributed by atoms with E-state index in [0.29, 0.717) is 13.0 Å². The monoisotopic (exact) mass is 333 g/mol. The Bertz CT molecular complexity index is 744. The highest BCUT2D eigenvalue weighted by atomic mass is 32.2. The highest BCUT2D eigenvalue weighted by Crippen LogP contribution is 2.09. The van der Waals surface area contributed by atoms with Gasteiger partial charge in [0, 0.05) is 25.4 Å². The van der Waals surface area contributed by atoms with Crippen molar-refractivity contribution >= 4 is 15.9 Å². The van der Waals surface area contributed by atoms with Crippen molar-refractivity contribution in [3.05, 3.63) is 59.9 Å². The van der Waals surface area contributed by atoms with Crippen LogP contribution < -0.4 is 10.5 Å². The molecule has 0 unspecified atom stereocenters. The number of pyridine rings is 1. The highest BCUT2D eigenvalue weighted by Gasteiger charge is 2.07. The van der Waals surface area contributed by atoms with Crippen LogP contribution in [0.15, 0.2) is 53.7 Å². The third-order valence-corrected chi connectivity index (χ3v) is 4.26. The van der Waals surface area contributed by atoms with Crippen LogP contribution in [-0.4, -0.2) is 19.3 Å². The second-order valence-electron chi connectivity index (χ2n) is 5.18. The molecular weight excluding hydrogens is 314 g/mol. The molecule has 0 spiro atoms. The van der Waals surface area contributed by atoms with Gasteiger partial charge in [0.05, 0.1) is 4.90 Å². The van der Waals surface area contributed by atoms with Crippen molar-refractivity contribution in [1.29, 1.82) is 0 Å². The lowest BCUT2D eigenvalue weighted by molar-refractivity contribution is -0.121. The van der Waals surface area contributed by atoms with Gasteiger partial charge in [0.1, 0.15) is 0 Å². The minimum Gasteiger partial charge on any atom is -0.352 e. The SMILES string of the molecule is NS(=O)(=O)c1ccc(CNC(=O)CCCc2cccnc2)cc1. The van der Waals surface area contributed by atoms with E-state index < -0.39 is 10.0 Å². The lowest BCUT2D eigenvalue weighted by Crippen LogP contribution is -2.22. The molecule has 0 aliphatic rings. The fourth-order valence-corrected chi connectivity index (χ4v) is 2.60. The molecule has 3 N–H and O–H groups in total. The fraction of sp³-hybridized carbons (Fsp3) is 0.250. The smallest absolute Gasteiger partial charge is 0.238 e. The number of amides is 1. The summed E-state index contributed by atoms with van der Waals surface area (Å²) in [6.45, 7) is 0.358. The van der Waals surface area contributed by atoms with Gasteiger partial charge in [0.25, 0.3) is 0 Å². The van der Waals surface area contributed by atoms with Gasteiger partial charge in [-0.3, -0.25) is 9.78 Å². The van der Waals surface area contributed by atoms with Crippen molar-refractivity contribution in [2.75, 3.05) is 0 Å². The van der Waals surface area contributed by atoms with E-state index >= 15 is 0 Å². The second-order valence-corrected chi connectivity index (χ2v) is 6.74. The lowest BCUT2D eigenvalue weighted by Gasteiger charge is -2.06. The number of aromatic nitrogens is 1. The highest BCUT2D eigenvalue weighted by molar-refractivity contribution is 7.89. The Morgan fingerprint density at radius 3 is 2.48 bits per heavy atom. The molecule has 2 aromatic rings. The molecule has 1 heterocycles. The summed E-state index contributed by atoms with van der Waals surface area (Å²) in [5.41, 5.74) is 1.93. The van der Waals surface area contributed by atoms with Crippen LogP contribution in [0.5, 0.6) is 0 Å². The van der Waals surface area contributed by atoms with Gasteiger partial charge in [-0.2, -0.15) is 0 Å². The molecule has 0 saturated heterocycles. The summed E-state index contributed by atoms with van der Waals surface area (Å²) >= 11 is 0. The molecule has 122 valence electrons. The van der Waals surface area contributed by atoms with E-state index in [0.717, 1.165) is 24.0 Å². The Labute approximate surface area is 135 Å². The summed E-state index contributed by atoms with van der Waals surface area (Å²) in [5.74, 6) is -0.0376. The standard InChI is InChI=1S/C16H19N3O3S/c17-23(21,22)15-8-6-14(7-9-15)12-19-16(20)5-1-3-13-4-2-10-18-11-13/h2,4,6-11H,1,3,5,12H2,(H,19,20)(H2,17,21,22). The molecule has 2 rings (SSSR count). The Morgan fingerprint density at radius 2 is 1.87 bits per heavy atom. The van der Waals surface area contributed by atoms with Gasteiger partial charge in [-0.1, -0.05) is 18.2 Å². The number of aryl methyl sites for hydroxylation is 1. The van der Waals surface area contributed by atoms with Crippen molar-refractivity contribution in [1.82, 2.24) is 10.3 Å². The predicted molar refractivity (Wildman–Crippen MR) is 86.8 cm³/mol. The molecule has 1 aromatic heterocycles. The zero-order valence-electron chi connectivity index (χ0n) is 12.6. The Balaban J connectivity index is 1.74. The maximum atomic E-state index is 11.8. The average Bonchev–Trinajstić information content (AvgIpc) is 2.53. The number of sulfonamides is 1. The molecule has 0 atom stereocenters. The number of carbonyl (C=O) groups excluding carboxylic acids is 1. The van der Waals surface area contributed by atoms with Crippen LogP contribution >= 0.6 is 0 Å². The van der Waals surface area contributed by atoms with Crippen molar-refractivity contribution in [3.63, 3.8) is 0 Å². The number of primary sulfonamides is 1. The summed E-state index contributed by atoms with van der Waals surface area (Å²) in [5, 5.41) is 7.84. The zero-order valence-corrected chi connectivity index (χ0v) is 13.4. The molecular formula is C16H19N3O3S. The molecule has 0 fully saturated rings. The number of hydrogen-bond acceptors (Lipinski definition) is 4. The Hall–Kier alpha value is -2.25. The van der Waals surface area contributed by atoms with Gasteiger partial charge in [0.2, 0.25) is 15.9 Å². The first-order valence-electron chi connectivity index (χ1n) is 7.22. The van der Waals surface area contributed by atoms with Crippen LogP contribution in [-0.2, 0) is 27.8 Å². The minimum atomic E-state index is -3.68. The van der Waals surface area contributed by atoms with E-state index in [2.05, 4.69) is 10.3 Å². The number of carbonyl (C=O) groups is 1. The van der Waals surface area contributed by atoms with Gasteiger partial charge in [-0.05, 0) is 42.2 Å². The topological polar surface area (TPSA) is 102 Å². The predicted octanol–water partition coefficient (Wildman–Crippen LogP) is 1.37. The molecule has 0 saturated carbocycles. The van der Waals surface area contributed by atoms with E-state index in [1.54, 1.807) is 24.5 Å². The number of benzene rings is 1. The summed E-state index contributed by atoms with van der Waals surface area (Å²) in [6.07, 6.45) is 5.51. The number of nitrogens with zero attached hydrogens (tertiary/aromatic N) is 1. The van der Waals surface area contributed by atoms with Gasteiger partial charge >= 0.3 is 0 Å². The van der Waals surface area contributed by atoms with E-state index in [-0.39, 0.29) is 10.8 Å². The molecule has 1 aromatic carbocycles. The molecule has 0 bridgehead atoms. The summed E-state index contributed by atoms with van der Waals surface area (Å²) in [6, 6.07) is 9.99. The maximum absolute atomic E-state index is 11.8. The number of hydrogen-bond donors (Lipinski definition) is 2. The first-order valence-corrected chi connectivity index (χ1v) is 8.77. The van der Waals surface area contributed by atoms with E-state index in [1.165, 1.54) is 12.1 Å². The third kappa shape index (κ3) is 5.80. The number of nitrogens with two attached hydrogens (primary N) is 1. The normalized spacial score (nSPS) is 11.2. The Kier molecular flexibility index (Phi) is 5.84. The van der Waals surface area contributed by atoms with Crippen LogP contribution in [0.1, 0.15) is 24.0 Å². The number of rotatable bonds is 7. The quantitative estimate of drug-likeness (QED) is 0.799. The molecule has 0 aliphatic carbocycles. The maximum Gasteiger partial charge on any atom is 0.238 e.